The zero-order chi connectivity index (χ0) is 30.2. The van der Waals surface area contributed by atoms with Gasteiger partial charge in [0.25, 0.3) is 5.91 Å². The van der Waals surface area contributed by atoms with E-state index in [2.05, 4.69) is 33.4 Å². The molecule has 0 aliphatic rings. The number of primary amides is 1. The maximum atomic E-state index is 12.7. The molecule has 0 aromatic heterocycles. The first-order chi connectivity index (χ1) is 18.0. The average Bonchev–Trinajstić information content (AvgIpc) is 2.80. The second-order valence-electron chi connectivity index (χ2n) is 8.98. The maximum absolute atomic E-state index is 12.7. The molecule has 2 rings (SSSR count). The van der Waals surface area contributed by atoms with Gasteiger partial charge in [-0.25, -0.2) is 4.57 Å². The van der Waals surface area contributed by atoms with Gasteiger partial charge in [0.2, 0.25) is 0 Å². The number of aryl methyl sites for hydroxylation is 1. The van der Waals surface area contributed by atoms with Crippen LogP contribution < -0.4 is 59.0 Å². The first kappa shape index (κ1) is 43.6. The summed E-state index contributed by atoms with van der Waals surface area (Å²) in [5, 5.41) is 39.8. The van der Waals surface area contributed by atoms with Gasteiger partial charge in [-0.15, -0.1) is 4.20 Å². The molecule has 0 saturated carbocycles. The number of hydrogen-bond acceptors (Lipinski definition) is 10. The standard InChI is InChI=1S/C19H24N2O3.C6H14FO3P.CH2O3.2Li/c1-13(7-8-14-5-3-2-4-6-14)21-12-18(23)15-9-10-17(22)16(11-15)19(20)24;1-5(2)9-11(7,8)10-6(3)4;2-1(3)4;;/h2-6,9-11,13,18,21-23H,7-8,12H2,1H3,(H2,20,24);5-6H,1-4H3;(H2,2,3,4);;/q;;;2*+1/p-2. The SMILES string of the molecule is CC(C)OP(=O)(F)OC(C)C.CC(CCc1ccccc1)NCC(O)c1ccc(O)c(C(N)=O)c1.O=C([O-])[O-].[Li+].[Li+]. The van der Waals surface area contributed by atoms with Gasteiger partial charge in [0, 0.05) is 12.6 Å². The Morgan fingerprint density at radius 2 is 1.49 bits per heavy atom. The second kappa shape index (κ2) is 22.7. The van der Waals surface area contributed by atoms with Crippen LogP contribution in [0.5, 0.6) is 5.75 Å². The third-order valence-electron chi connectivity index (χ3n) is 4.71. The van der Waals surface area contributed by atoms with Crippen LogP contribution in [0.3, 0.4) is 0 Å². The third-order valence-corrected chi connectivity index (χ3v) is 6.06. The number of aromatic hydroxyl groups is 1. The number of hydrogen-bond donors (Lipinski definition) is 4. The van der Waals surface area contributed by atoms with Crippen LogP contribution in [-0.2, 0) is 20.0 Å². The average molecular weight is 586 g/mol. The molecule has 2 unspecified atom stereocenters. The number of amides is 1. The van der Waals surface area contributed by atoms with Crippen molar-refractivity contribution in [1.29, 1.82) is 0 Å². The molecule has 0 saturated heterocycles. The fourth-order valence-electron chi connectivity index (χ4n) is 3.05. The van der Waals surface area contributed by atoms with E-state index in [1.807, 2.05) is 18.2 Å². The number of carboxylic acid groups (broad SMARTS) is 2. The number of halogens is 1. The summed E-state index contributed by atoms with van der Waals surface area (Å²) in [6, 6.07) is 14.9. The molecule has 1 amide bonds. The number of aliphatic hydroxyl groups excluding tert-OH is 1. The van der Waals surface area contributed by atoms with Crippen molar-refractivity contribution >= 4 is 20.0 Å². The van der Waals surface area contributed by atoms with Gasteiger partial charge in [-0.3, -0.25) is 13.8 Å². The summed E-state index contributed by atoms with van der Waals surface area (Å²) in [5.74, 6) is -0.895. The van der Waals surface area contributed by atoms with Crippen molar-refractivity contribution in [3.63, 3.8) is 0 Å². The minimum atomic E-state index is -4.30. The van der Waals surface area contributed by atoms with Crippen LogP contribution in [0.25, 0.3) is 0 Å². The van der Waals surface area contributed by atoms with Crippen LogP contribution >= 0.6 is 7.91 Å². The van der Waals surface area contributed by atoms with E-state index >= 15 is 0 Å². The Labute approximate surface area is 265 Å². The summed E-state index contributed by atoms with van der Waals surface area (Å²) in [6.45, 7) is 8.80. The predicted octanol–water partition coefficient (Wildman–Crippen LogP) is -3.39. The summed E-state index contributed by atoms with van der Waals surface area (Å²) in [6.07, 6.45) is -2.04. The second-order valence-corrected chi connectivity index (χ2v) is 10.3. The fraction of sp³-hybridized carbons (Fsp3) is 0.462. The van der Waals surface area contributed by atoms with Gasteiger partial charge < -0.3 is 36.3 Å². The zero-order valence-corrected chi connectivity index (χ0v) is 25.6. The van der Waals surface area contributed by atoms with E-state index < -0.39 is 38.3 Å². The number of phenols is 1. The normalized spacial score (nSPS) is 11.9. The number of aliphatic hydroxyl groups is 1. The summed E-state index contributed by atoms with van der Waals surface area (Å²) in [4.78, 5) is 19.6. The Morgan fingerprint density at radius 3 is 1.93 bits per heavy atom. The van der Waals surface area contributed by atoms with Crippen LogP contribution in [0.4, 0.5) is 8.99 Å². The largest absolute Gasteiger partial charge is 1.00 e. The van der Waals surface area contributed by atoms with Crippen LogP contribution in [0.2, 0.25) is 0 Å². The molecule has 0 spiro atoms. The summed E-state index contributed by atoms with van der Waals surface area (Å²) >= 11 is 0. The van der Waals surface area contributed by atoms with Crippen molar-refractivity contribution in [3.05, 3.63) is 65.2 Å². The van der Waals surface area contributed by atoms with E-state index in [-0.39, 0.29) is 55.1 Å². The molecule has 220 valence electrons. The van der Waals surface area contributed by atoms with Crippen molar-refractivity contribution in [2.24, 2.45) is 5.73 Å². The van der Waals surface area contributed by atoms with Crippen LogP contribution in [0.1, 0.15) is 68.6 Å². The molecule has 0 fully saturated rings. The number of nitrogens with one attached hydrogen (secondary N) is 1. The fourth-order valence-corrected chi connectivity index (χ4v) is 4.10. The molecule has 15 heteroatoms. The molecule has 2 aromatic rings. The van der Waals surface area contributed by atoms with Crippen molar-refractivity contribution < 1.29 is 85.5 Å². The number of rotatable bonds is 12. The Hall–Kier alpha value is -1.83. The van der Waals surface area contributed by atoms with E-state index in [0.29, 0.717) is 12.1 Å². The van der Waals surface area contributed by atoms with Crippen LogP contribution in [-0.4, -0.2) is 47.1 Å². The van der Waals surface area contributed by atoms with Gasteiger partial charge in [-0.2, -0.15) is 0 Å². The van der Waals surface area contributed by atoms with E-state index in [4.69, 9.17) is 20.7 Å². The first-order valence-corrected chi connectivity index (χ1v) is 13.6. The van der Waals surface area contributed by atoms with E-state index in [1.165, 1.54) is 17.7 Å². The van der Waals surface area contributed by atoms with Crippen LogP contribution in [0.15, 0.2) is 48.5 Å². The third kappa shape index (κ3) is 22.4. The van der Waals surface area contributed by atoms with Gasteiger partial charge in [-0.05, 0) is 76.9 Å². The predicted molar refractivity (Wildman–Crippen MR) is 140 cm³/mol. The van der Waals surface area contributed by atoms with Crippen molar-refractivity contribution in [1.82, 2.24) is 5.32 Å². The number of carbonyl (C=O) groups excluding carboxylic acids is 2. The number of nitrogens with two attached hydrogens (primary N) is 1. The minimum absolute atomic E-state index is 0. The molecule has 0 heterocycles. The Bertz CT molecular complexity index is 1050. The van der Waals surface area contributed by atoms with E-state index in [0.717, 1.165) is 12.8 Å². The topological polar surface area (TPSA) is 194 Å². The Morgan fingerprint density at radius 1 is 1.00 bits per heavy atom. The molecule has 5 N–H and O–H groups in total. The zero-order valence-electron chi connectivity index (χ0n) is 24.7. The Kier molecular flexibility index (Phi) is 24.2. The molecule has 0 aliphatic heterocycles. The molecule has 0 bridgehead atoms. The summed E-state index contributed by atoms with van der Waals surface area (Å²) < 4.78 is 32.3. The van der Waals surface area contributed by atoms with Crippen molar-refractivity contribution in [2.75, 3.05) is 6.54 Å². The number of benzene rings is 2. The first-order valence-electron chi connectivity index (χ1n) is 12.2. The summed E-state index contributed by atoms with van der Waals surface area (Å²) in [5.41, 5.74) is 7.06. The van der Waals surface area contributed by atoms with Crippen molar-refractivity contribution in [3.8, 4) is 5.75 Å². The molecule has 41 heavy (non-hydrogen) atoms. The molecule has 2 aromatic carbocycles. The van der Waals surface area contributed by atoms with Gasteiger partial charge in [0.15, 0.2) is 0 Å². The maximum Gasteiger partial charge on any atom is 1.00 e. The molecule has 11 nitrogen and oxygen atoms in total. The molecular formula is C26H38FLi2N2O9P. The van der Waals surface area contributed by atoms with E-state index in [9.17, 15) is 23.8 Å². The molecule has 2 atom stereocenters. The molecular weight excluding hydrogens is 548 g/mol. The quantitative estimate of drug-likeness (QED) is 0.144. The Balaban J connectivity index is -0.000000716. The van der Waals surface area contributed by atoms with Gasteiger partial charge in [-0.1, -0.05) is 36.4 Å². The van der Waals surface area contributed by atoms with Crippen molar-refractivity contribution in [2.45, 2.75) is 71.8 Å². The van der Waals surface area contributed by atoms with Gasteiger partial charge in [0.1, 0.15) is 5.75 Å². The molecule has 0 aliphatic carbocycles. The van der Waals surface area contributed by atoms with Crippen LogP contribution in [0, 0.1) is 0 Å². The van der Waals surface area contributed by atoms with Gasteiger partial charge >= 0.3 is 45.6 Å². The summed E-state index contributed by atoms with van der Waals surface area (Å²) in [7, 11) is -4.30. The smallest absolute Gasteiger partial charge is 0.652 e. The molecule has 0 radical (unpaired) electrons. The van der Waals surface area contributed by atoms with Gasteiger partial charge in [0.05, 0.1) is 23.9 Å². The van der Waals surface area contributed by atoms with E-state index in [1.54, 1.807) is 33.8 Å². The number of carbonyl (C=O) groups is 2. The monoisotopic (exact) mass is 586 g/mol. The minimum Gasteiger partial charge on any atom is -0.652 e.